The minimum absolute atomic E-state index is 0.0394. The molecule has 296 valence electrons. The Kier molecular flexibility index (Phi) is 10.8. The highest BCUT2D eigenvalue weighted by atomic mass is 16.7. The minimum Gasteiger partial charge on any atom is -0.508 e. The highest BCUT2D eigenvalue weighted by molar-refractivity contribution is 6.23. The first-order valence-electron chi connectivity index (χ1n) is 17.3. The standard InChI is InChI=1S/C36H48N4O14/c1-13(41)20-26(45)23(40(7)8)16-10-14-9-15-18(39(5)6)11-17(38-19(42)12-37-35(2,3)4)24(43)22(15)25(44)21(14)32(36(16,52)31(20)49)54-34-29(48)27(46)28(47)30(53-34)33(50)51/h11,14,16,23,27-30,34,37,43,46-49,52H,9-10,12H2,1-8H3,(H,38,42)(H,50,51)/t14-,16-,23+,27-,28-,29+,30-,34-,36+/m0/s1. The summed E-state index contributed by atoms with van der Waals surface area (Å²) in [5.74, 6) is -9.95. The van der Waals surface area contributed by atoms with Crippen LogP contribution in [-0.2, 0) is 35.1 Å². The van der Waals surface area contributed by atoms with Crippen LogP contribution in [0.1, 0.15) is 50.0 Å². The molecule has 1 amide bonds. The van der Waals surface area contributed by atoms with E-state index in [-0.39, 0.29) is 36.2 Å². The molecule has 1 saturated heterocycles. The number of carbonyl (C=O) groups is 5. The molecule has 3 aliphatic carbocycles. The van der Waals surface area contributed by atoms with Gasteiger partial charge in [0.25, 0.3) is 0 Å². The van der Waals surface area contributed by atoms with Crippen LogP contribution in [0.15, 0.2) is 28.7 Å². The molecule has 0 unspecified atom stereocenters. The Morgan fingerprint density at radius 3 is 2.20 bits per heavy atom. The van der Waals surface area contributed by atoms with E-state index in [1.54, 1.807) is 19.0 Å². The number of rotatable bonds is 9. The Hall–Kier alpha value is -4.43. The van der Waals surface area contributed by atoms with Crippen LogP contribution < -0.4 is 15.5 Å². The van der Waals surface area contributed by atoms with Crippen LogP contribution >= 0.6 is 0 Å². The van der Waals surface area contributed by atoms with Gasteiger partial charge >= 0.3 is 5.97 Å². The second kappa shape index (κ2) is 14.3. The summed E-state index contributed by atoms with van der Waals surface area (Å²) < 4.78 is 11.4. The Balaban J connectivity index is 1.78. The molecule has 0 aromatic heterocycles. The van der Waals surface area contributed by atoms with Gasteiger partial charge in [-0.15, -0.1) is 0 Å². The van der Waals surface area contributed by atoms with Crippen molar-refractivity contribution in [3.8, 4) is 5.75 Å². The molecular weight excluding hydrogens is 712 g/mol. The number of nitrogens with one attached hydrogen (secondary N) is 2. The number of Topliss-reactive ketones (excluding diaryl/α,β-unsaturated/α-hetero) is 3. The lowest BCUT2D eigenvalue weighted by molar-refractivity contribution is -0.291. The fraction of sp³-hybridized carbons (Fsp3) is 0.583. The highest BCUT2D eigenvalue weighted by Crippen LogP contribution is 2.56. The molecule has 0 spiro atoms. The second-order valence-corrected chi connectivity index (χ2v) is 15.7. The number of aromatic hydroxyl groups is 1. The number of ketones is 3. The molecule has 5 rings (SSSR count). The van der Waals surface area contributed by atoms with E-state index in [0.29, 0.717) is 11.3 Å². The second-order valence-electron chi connectivity index (χ2n) is 15.7. The third-order valence-electron chi connectivity index (χ3n) is 10.4. The number of fused-ring (bicyclic) bond motifs is 3. The summed E-state index contributed by atoms with van der Waals surface area (Å²) in [7, 11) is 6.36. The number of phenols is 1. The van der Waals surface area contributed by atoms with E-state index in [2.05, 4.69) is 10.6 Å². The predicted molar refractivity (Wildman–Crippen MR) is 189 cm³/mol. The monoisotopic (exact) mass is 760 g/mol. The number of phenolic OH excluding ortho intramolecular Hbond substituents is 1. The molecule has 0 saturated carbocycles. The average molecular weight is 761 g/mol. The summed E-state index contributed by atoms with van der Waals surface area (Å²) in [6, 6.07) is 0.200. The zero-order valence-corrected chi connectivity index (χ0v) is 31.2. The van der Waals surface area contributed by atoms with Crippen LogP contribution in [-0.4, -0.2) is 152 Å². The summed E-state index contributed by atoms with van der Waals surface area (Å²) >= 11 is 0. The van der Waals surface area contributed by atoms with Gasteiger partial charge in [-0.1, -0.05) is 0 Å². The van der Waals surface area contributed by atoms with Gasteiger partial charge < -0.3 is 60.8 Å². The van der Waals surface area contributed by atoms with Crippen molar-refractivity contribution in [3.63, 3.8) is 0 Å². The van der Waals surface area contributed by atoms with Crippen LogP contribution in [0.5, 0.6) is 5.75 Å². The van der Waals surface area contributed by atoms with Gasteiger partial charge in [-0.3, -0.25) is 24.1 Å². The first-order valence-corrected chi connectivity index (χ1v) is 17.3. The minimum atomic E-state index is -2.88. The topological polar surface area (TPSA) is 276 Å². The van der Waals surface area contributed by atoms with E-state index in [4.69, 9.17) is 9.47 Å². The number of amides is 1. The van der Waals surface area contributed by atoms with Crippen LogP contribution in [0, 0.1) is 11.8 Å². The first kappa shape index (κ1) is 40.7. The lowest BCUT2D eigenvalue weighted by Gasteiger charge is -2.52. The van der Waals surface area contributed by atoms with Gasteiger partial charge in [-0.05, 0) is 72.2 Å². The molecule has 18 nitrogen and oxygen atoms in total. The van der Waals surface area contributed by atoms with E-state index in [1.807, 2.05) is 20.8 Å². The van der Waals surface area contributed by atoms with E-state index in [0.717, 1.165) is 6.92 Å². The van der Waals surface area contributed by atoms with Crippen molar-refractivity contribution in [2.75, 3.05) is 45.0 Å². The van der Waals surface area contributed by atoms with Crippen molar-refractivity contribution >= 4 is 40.6 Å². The van der Waals surface area contributed by atoms with Crippen molar-refractivity contribution in [2.24, 2.45) is 11.8 Å². The Labute approximate surface area is 310 Å². The van der Waals surface area contributed by atoms with Gasteiger partial charge in [0.1, 0.15) is 35.4 Å². The zero-order chi connectivity index (χ0) is 40.5. The van der Waals surface area contributed by atoms with Crippen LogP contribution in [0.4, 0.5) is 11.4 Å². The molecule has 18 heteroatoms. The van der Waals surface area contributed by atoms with Gasteiger partial charge in [0.15, 0.2) is 34.8 Å². The quantitative estimate of drug-likeness (QED) is 0.107. The largest absolute Gasteiger partial charge is 0.508 e. The van der Waals surface area contributed by atoms with Crippen LogP contribution in [0.2, 0.25) is 0 Å². The Bertz CT molecular complexity index is 1850. The molecule has 9 N–H and O–H groups in total. The smallest absolute Gasteiger partial charge is 0.335 e. The molecule has 0 radical (unpaired) electrons. The number of likely N-dealkylation sites (N-methyl/N-ethyl adjacent to an activating group) is 1. The van der Waals surface area contributed by atoms with E-state index in [1.165, 1.54) is 25.1 Å². The molecule has 9 atom stereocenters. The number of nitrogens with zero attached hydrogens (tertiary/aromatic N) is 2. The summed E-state index contributed by atoms with van der Waals surface area (Å²) in [5, 5.41) is 83.3. The molecule has 1 fully saturated rings. The SMILES string of the molecule is CC(=O)C1=C(O)[C@@]2(O)C(O[C@@H]3O[C@H](C(=O)O)[C@@H](O)[C@H](O)[C@H]3O)=C3C(=O)c4c(O)c(NC(=O)CNC(C)(C)C)cc(N(C)C)c4C[C@H]3C[C@H]2[C@@H](N(C)C)C1=O. The van der Waals surface area contributed by atoms with Crippen molar-refractivity contribution in [1.29, 1.82) is 0 Å². The van der Waals surface area contributed by atoms with Crippen molar-refractivity contribution < 1.29 is 69.2 Å². The van der Waals surface area contributed by atoms with Gasteiger partial charge in [0.05, 0.1) is 23.8 Å². The van der Waals surface area contributed by atoms with E-state index >= 15 is 0 Å². The number of hydrogen-bond donors (Lipinski definition) is 9. The molecule has 1 aromatic carbocycles. The average Bonchev–Trinajstić information content (AvgIpc) is 3.05. The maximum atomic E-state index is 14.9. The molecule has 1 aromatic rings. The summed E-state index contributed by atoms with van der Waals surface area (Å²) in [4.78, 5) is 69.6. The van der Waals surface area contributed by atoms with Crippen molar-refractivity contribution in [2.45, 2.75) is 88.4 Å². The van der Waals surface area contributed by atoms with Gasteiger partial charge in [0.2, 0.25) is 12.2 Å². The summed E-state index contributed by atoms with van der Waals surface area (Å²) in [6.07, 6.45) is -11.1. The molecule has 54 heavy (non-hydrogen) atoms. The summed E-state index contributed by atoms with van der Waals surface area (Å²) in [6.45, 7) is 6.39. The van der Waals surface area contributed by atoms with Crippen LogP contribution in [0.3, 0.4) is 0 Å². The van der Waals surface area contributed by atoms with Gasteiger partial charge in [0, 0.05) is 36.8 Å². The number of aliphatic hydroxyl groups excluding tert-OH is 4. The molecular formula is C36H48N4O14. The molecule has 1 aliphatic heterocycles. The highest BCUT2D eigenvalue weighted by Gasteiger charge is 2.64. The Morgan fingerprint density at radius 2 is 1.67 bits per heavy atom. The number of ether oxygens (including phenoxy) is 2. The third-order valence-corrected chi connectivity index (χ3v) is 10.4. The maximum Gasteiger partial charge on any atom is 0.335 e. The normalized spacial score (nSPS) is 31.1. The number of carbonyl (C=O) groups excluding carboxylic acids is 4. The third kappa shape index (κ3) is 6.76. The number of anilines is 2. The summed E-state index contributed by atoms with van der Waals surface area (Å²) in [5.41, 5.74) is -4.18. The fourth-order valence-corrected chi connectivity index (χ4v) is 7.82. The fourth-order valence-electron chi connectivity index (χ4n) is 7.82. The van der Waals surface area contributed by atoms with Crippen molar-refractivity contribution in [3.05, 3.63) is 39.9 Å². The number of aliphatic carboxylic acids is 1. The van der Waals surface area contributed by atoms with E-state index in [9.17, 15) is 59.7 Å². The number of aliphatic hydroxyl groups is 5. The molecule has 4 aliphatic rings. The number of carboxylic acids is 1. The van der Waals surface area contributed by atoms with Gasteiger partial charge in [-0.25, -0.2) is 4.79 Å². The maximum absolute atomic E-state index is 14.9. The lowest BCUT2D eigenvalue weighted by Crippen LogP contribution is -2.64. The van der Waals surface area contributed by atoms with Crippen molar-refractivity contribution in [1.82, 2.24) is 10.2 Å². The molecule has 1 heterocycles. The number of benzene rings is 1. The van der Waals surface area contributed by atoms with Gasteiger partial charge in [-0.2, -0.15) is 0 Å². The number of hydrogen-bond acceptors (Lipinski definition) is 16. The first-order chi connectivity index (χ1) is 24.9. The molecule has 0 bridgehead atoms. The van der Waals surface area contributed by atoms with E-state index < -0.39 is 112 Å². The number of allylic oxidation sites excluding steroid dienone is 1. The lowest BCUT2D eigenvalue weighted by atomic mass is 9.58. The van der Waals surface area contributed by atoms with Crippen LogP contribution in [0.25, 0.3) is 0 Å². The number of carboxylic acid groups (broad SMARTS) is 1. The predicted octanol–water partition coefficient (Wildman–Crippen LogP) is -1.03. The Morgan fingerprint density at radius 1 is 1.04 bits per heavy atom. The zero-order valence-electron chi connectivity index (χ0n) is 31.2.